The minimum absolute atomic E-state index is 0.0000463. The Bertz CT molecular complexity index is 643. The summed E-state index contributed by atoms with van der Waals surface area (Å²) in [5, 5.41) is 6.45. The van der Waals surface area contributed by atoms with Gasteiger partial charge < -0.3 is 10.1 Å². The Morgan fingerprint density at radius 2 is 1.82 bits per heavy atom. The number of para-hydroxylation sites is 1. The molecule has 3 rings (SSSR count). The molecular formula is C18H20N2O2. The molecule has 1 aliphatic heterocycles. The van der Waals surface area contributed by atoms with Gasteiger partial charge in [0.2, 0.25) is 5.91 Å². The highest BCUT2D eigenvalue weighted by Gasteiger charge is 2.29. The zero-order valence-electron chi connectivity index (χ0n) is 12.6. The van der Waals surface area contributed by atoms with E-state index in [0.717, 1.165) is 17.7 Å². The van der Waals surface area contributed by atoms with E-state index in [4.69, 9.17) is 4.74 Å². The lowest BCUT2D eigenvalue weighted by Gasteiger charge is -2.34. The number of carbonyl (C=O) groups excluding carboxylic acids is 1. The van der Waals surface area contributed by atoms with Crippen molar-refractivity contribution in [2.24, 2.45) is 0 Å². The first-order valence-corrected chi connectivity index (χ1v) is 7.47. The summed E-state index contributed by atoms with van der Waals surface area (Å²) < 4.78 is 5.42. The van der Waals surface area contributed by atoms with Crippen LogP contribution in [0.1, 0.15) is 17.2 Å². The van der Waals surface area contributed by atoms with Gasteiger partial charge in [-0.3, -0.25) is 10.1 Å². The lowest BCUT2D eigenvalue weighted by atomic mass is 9.92. The first-order chi connectivity index (χ1) is 10.8. The van der Waals surface area contributed by atoms with Crippen molar-refractivity contribution in [1.82, 2.24) is 10.6 Å². The Morgan fingerprint density at radius 3 is 2.59 bits per heavy atom. The molecule has 1 amide bonds. The van der Waals surface area contributed by atoms with Gasteiger partial charge in [-0.1, -0.05) is 48.5 Å². The van der Waals surface area contributed by atoms with Crippen LogP contribution in [0.25, 0.3) is 0 Å². The van der Waals surface area contributed by atoms with Crippen LogP contribution in [0.3, 0.4) is 0 Å². The van der Waals surface area contributed by atoms with E-state index in [2.05, 4.69) is 22.8 Å². The lowest BCUT2D eigenvalue weighted by molar-refractivity contribution is -0.122. The Balaban J connectivity index is 1.86. The van der Waals surface area contributed by atoms with Gasteiger partial charge in [0.1, 0.15) is 5.75 Å². The largest absolute Gasteiger partial charge is 0.496 e. The molecule has 2 atom stereocenters. The highest BCUT2D eigenvalue weighted by Crippen LogP contribution is 2.25. The summed E-state index contributed by atoms with van der Waals surface area (Å²) in [7, 11) is 1.67. The topological polar surface area (TPSA) is 50.4 Å². The third kappa shape index (κ3) is 3.12. The van der Waals surface area contributed by atoms with Crippen molar-refractivity contribution in [3.8, 4) is 5.75 Å². The van der Waals surface area contributed by atoms with Crippen LogP contribution in [-0.4, -0.2) is 25.6 Å². The van der Waals surface area contributed by atoms with E-state index < -0.39 is 0 Å². The van der Waals surface area contributed by atoms with Crippen molar-refractivity contribution >= 4 is 5.91 Å². The third-order valence-corrected chi connectivity index (χ3v) is 4.02. The summed E-state index contributed by atoms with van der Waals surface area (Å²) in [4.78, 5) is 11.8. The van der Waals surface area contributed by atoms with Crippen LogP contribution < -0.4 is 15.4 Å². The lowest BCUT2D eigenvalue weighted by Crippen LogP contribution is -2.54. The number of hydrogen-bond acceptors (Lipinski definition) is 3. The molecule has 0 aromatic heterocycles. The molecule has 22 heavy (non-hydrogen) atoms. The fourth-order valence-electron chi connectivity index (χ4n) is 2.97. The van der Waals surface area contributed by atoms with Gasteiger partial charge in [0.25, 0.3) is 0 Å². The Kier molecular flexibility index (Phi) is 4.39. The second-order valence-electron chi connectivity index (χ2n) is 5.46. The van der Waals surface area contributed by atoms with Crippen LogP contribution in [0.15, 0.2) is 54.6 Å². The van der Waals surface area contributed by atoms with Crippen LogP contribution in [-0.2, 0) is 11.2 Å². The molecule has 0 saturated carbocycles. The second-order valence-corrected chi connectivity index (χ2v) is 5.46. The highest BCUT2D eigenvalue weighted by molar-refractivity contribution is 5.79. The number of rotatable bonds is 4. The Hall–Kier alpha value is -2.33. The molecule has 0 radical (unpaired) electrons. The average Bonchev–Trinajstić information content (AvgIpc) is 2.56. The maximum atomic E-state index is 11.8. The zero-order valence-corrected chi connectivity index (χ0v) is 12.6. The van der Waals surface area contributed by atoms with E-state index in [1.54, 1.807) is 7.11 Å². The predicted molar refractivity (Wildman–Crippen MR) is 85.8 cm³/mol. The van der Waals surface area contributed by atoms with Crippen LogP contribution >= 0.6 is 0 Å². The van der Waals surface area contributed by atoms with E-state index in [-0.39, 0.29) is 18.0 Å². The molecule has 0 aliphatic carbocycles. The normalized spacial score (nSPS) is 21.2. The fourth-order valence-corrected chi connectivity index (χ4v) is 2.97. The molecular weight excluding hydrogens is 276 g/mol. The SMILES string of the molecule is COc1ccccc1C[C@@H]1NC(=O)CN[C@H]1c1ccccc1. The summed E-state index contributed by atoms with van der Waals surface area (Å²) in [5.74, 6) is 0.890. The van der Waals surface area contributed by atoms with E-state index in [9.17, 15) is 4.79 Å². The maximum Gasteiger partial charge on any atom is 0.234 e. The number of benzene rings is 2. The predicted octanol–water partition coefficient (Wildman–Crippen LogP) is 2.07. The van der Waals surface area contributed by atoms with Crippen LogP contribution in [0, 0.1) is 0 Å². The number of carbonyl (C=O) groups is 1. The molecule has 1 saturated heterocycles. The molecule has 1 aliphatic rings. The van der Waals surface area contributed by atoms with E-state index in [1.807, 2.05) is 42.5 Å². The van der Waals surface area contributed by atoms with Gasteiger partial charge in [0, 0.05) is 0 Å². The smallest absolute Gasteiger partial charge is 0.234 e. The standard InChI is InChI=1S/C18H20N2O2/c1-22-16-10-6-5-9-14(16)11-15-18(19-12-17(21)20-15)13-7-3-2-4-8-13/h2-10,15,18-19H,11-12H2,1H3,(H,20,21)/t15-,18-/m0/s1. The molecule has 0 spiro atoms. The minimum Gasteiger partial charge on any atom is -0.496 e. The Labute approximate surface area is 130 Å². The van der Waals surface area contributed by atoms with Gasteiger partial charge in [-0.25, -0.2) is 0 Å². The van der Waals surface area contributed by atoms with Crippen molar-refractivity contribution < 1.29 is 9.53 Å². The van der Waals surface area contributed by atoms with Crippen LogP contribution in [0.2, 0.25) is 0 Å². The van der Waals surface area contributed by atoms with Gasteiger partial charge in [0.05, 0.1) is 25.7 Å². The van der Waals surface area contributed by atoms with Crippen molar-refractivity contribution in [1.29, 1.82) is 0 Å². The van der Waals surface area contributed by atoms with Crippen molar-refractivity contribution in [3.05, 3.63) is 65.7 Å². The minimum atomic E-state index is -0.0000463. The van der Waals surface area contributed by atoms with Crippen LogP contribution in [0.4, 0.5) is 0 Å². The molecule has 2 aromatic rings. The van der Waals surface area contributed by atoms with Crippen molar-refractivity contribution in [2.45, 2.75) is 18.5 Å². The summed E-state index contributed by atoms with van der Waals surface area (Å²) in [6.07, 6.45) is 0.725. The van der Waals surface area contributed by atoms with Crippen molar-refractivity contribution in [2.75, 3.05) is 13.7 Å². The average molecular weight is 296 g/mol. The molecule has 4 heteroatoms. The molecule has 114 valence electrons. The quantitative estimate of drug-likeness (QED) is 0.908. The van der Waals surface area contributed by atoms with E-state index >= 15 is 0 Å². The number of methoxy groups -OCH3 is 1. The fraction of sp³-hybridized carbons (Fsp3) is 0.278. The van der Waals surface area contributed by atoms with Crippen molar-refractivity contribution in [3.63, 3.8) is 0 Å². The van der Waals surface area contributed by atoms with Gasteiger partial charge in [-0.2, -0.15) is 0 Å². The maximum absolute atomic E-state index is 11.8. The van der Waals surface area contributed by atoms with E-state index in [0.29, 0.717) is 6.54 Å². The Morgan fingerprint density at radius 1 is 1.09 bits per heavy atom. The second kappa shape index (κ2) is 6.62. The monoisotopic (exact) mass is 296 g/mol. The number of piperazine rings is 1. The molecule has 2 aromatic carbocycles. The molecule has 4 nitrogen and oxygen atoms in total. The number of ether oxygens (including phenoxy) is 1. The summed E-state index contributed by atoms with van der Waals surface area (Å²) >= 11 is 0. The summed E-state index contributed by atoms with van der Waals surface area (Å²) in [6.45, 7) is 0.349. The molecule has 1 heterocycles. The van der Waals surface area contributed by atoms with Gasteiger partial charge in [-0.05, 0) is 23.6 Å². The first kappa shape index (κ1) is 14.6. The first-order valence-electron chi connectivity index (χ1n) is 7.47. The van der Waals surface area contributed by atoms with E-state index in [1.165, 1.54) is 5.56 Å². The molecule has 2 N–H and O–H groups in total. The number of nitrogens with one attached hydrogen (secondary N) is 2. The summed E-state index contributed by atoms with van der Waals surface area (Å²) in [5.41, 5.74) is 2.28. The molecule has 0 unspecified atom stereocenters. The van der Waals surface area contributed by atoms with Gasteiger partial charge >= 0.3 is 0 Å². The number of hydrogen-bond donors (Lipinski definition) is 2. The molecule has 1 fully saturated rings. The van der Waals surface area contributed by atoms with Crippen LogP contribution in [0.5, 0.6) is 5.75 Å². The summed E-state index contributed by atoms with van der Waals surface area (Å²) in [6, 6.07) is 18.3. The zero-order chi connectivity index (χ0) is 15.4. The van der Waals surface area contributed by atoms with Gasteiger partial charge in [-0.15, -0.1) is 0 Å². The van der Waals surface area contributed by atoms with Gasteiger partial charge in [0.15, 0.2) is 0 Å². The highest BCUT2D eigenvalue weighted by atomic mass is 16.5. The third-order valence-electron chi connectivity index (χ3n) is 4.02. The molecule has 0 bridgehead atoms. The number of amides is 1.